The Balaban J connectivity index is 1.34. The lowest BCUT2D eigenvalue weighted by Crippen LogP contribution is -2.37. The zero-order chi connectivity index (χ0) is 30.3. The number of hydrogen-bond donors (Lipinski definition) is 1. The minimum absolute atomic E-state index is 0.0172. The van der Waals surface area contributed by atoms with Crippen LogP contribution in [0.5, 0.6) is 5.75 Å². The molecule has 1 amide bonds. The standard InChI is InChI=1S/C27H20F5N5O4S/c1-35-19-9-10-37(22(19)24(39)36(2)26(35)40)11-20(38)34-25-33-18(13-42-25)15-7-8-17(28)23(21(15)29)41-12-14-5-3-4-6-16(14)27(30,31)32/h3-10,13H,11-12H2,1-2H3,(H,33,34,38). The third-order valence-corrected chi connectivity index (χ3v) is 7.23. The van der Waals surface area contributed by atoms with Crippen molar-refractivity contribution in [3.05, 3.63) is 97.6 Å². The topological polar surface area (TPSA) is 100 Å². The van der Waals surface area contributed by atoms with E-state index in [1.807, 2.05) is 0 Å². The van der Waals surface area contributed by atoms with E-state index in [1.54, 1.807) is 0 Å². The van der Waals surface area contributed by atoms with Crippen LogP contribution in [0, 0.1) is 11.6 Å². The molecule has 0 saturated carbocycles. The molecule has 0 aliphatic heterocycles. The fraction of sp³-hybridized carbons (Fsp3) is 0.185. The number of nitrogens with zero attached hydrogens (tertiary/aromatic N) is 4. The number of aryl methyl sites for hydroxylation is 1. The minimum atomic E-state index is -4.68. The number of hydrogen-bond acceptors (Lipinski definition) is 6. The Morgan fingerprint density at radius 2 is 1.79 bits per heavy atom. The van der Waals surface area contributed by atoms with Crippen molar-refractivity contribution in [2.45, 2.75) is 19.3 Å². The normalized spacial score (nSPS) is 11.7. The van der Waals surface area contributed by atoms with Crippen molar-refractivity contribution in [2.24, 2.45) is 14.1 Å². The SMILES string of the molecule is Cn1c(=O)c2c(ccn2CC(=O)Nc2nc(-c3ccc(F)c(OCc4ccccc4C(F)(F)F)c3F)cs2)n(C)c1=O. The molecule has 9 nitrogen and oxygen atoms in total. The van der Waals surface area contributed by atoms with E-state index in [-0.39, 0.29) is 34.0 Å². The highest BCUT2D eigenvalue weighted by molar-refractivity contribution is 7.14. The second-order valence-corrected chi connectivity index (χ2v) is 10.0. The van der Waals surface area contributed by atoms with Crippen molar-refractivity contribution in [3.63, 3.8) is 0 Å². The molecule has 3 heterocycles. The predicted molar refractivity (Wildman–Crippen MR) is 144 cm³/mol. The first-order valence-corrected chi connectivity index (χ1v) is 13.0. The molecule has 15 heteroatoms. The summed E-state index contributed by atoms with van der Waals surface area (Å²) < 4.78 is 78.3. The quantitative estimate of drug-likeness (QED) is 0.272. The van der Waals surface area contributed by atoms with Crippen molar-refractivity contribution < 1.29 is 31.5 Å². The molecule has 0 aliphatic carbocycles. The molecular weight excluding hydrogens is 585 g/mol. The third-order valence-electron chi connectivity index (χ3n) is 6.47. The summed E-state index contributed by atoms with van der Waals surface area (Å²) in [4.78, 5) is 41.7. The van der Waals surface area contributed by atoms with Crippen LogP contribution in [0.1, 0.15) is 11.1 Å². The summed E-state index contributed by atoms with van der Waals surface area (Å²) in [5.41, 5.74) is -2.07. The zero-order valence-corrected chi connectivity index (χ0v) is 22.6. The molecule has 0 radical (unpaired) electrons. The lowest BCUT2D eigenvalue weighted by Gasteiger charge is -2.15. The van der Waals surface area contributed by atoms with E-state index < -0.39 is 52.9 Å². The van der Waals surface area contributed by atoms with Gasteiger partial charge in [0.1, 0.15) is 18.7 Å². The lowest BCUT2D eigenvalue weighted by atomic mass is 10.1. The molecule has 0 bridgehead atoms. The Bertz CT molecular complexity index is 1960. The first kappa shape index (κ1) is 28.7. The van der Waals surface area contributed by atoms with Gasteiger partial charge in [-0.05, 0) is 24.3 Å². The van der Waals surface area contributed by atoms with Crippen molar-refractivity contribution in [1.29, 1.82) is 0 Å². The monoisotopic (exact) mass is 605 g/mol. The van der Waals surface area contributed by atoms with Gasteiger partial charge >= 0.3 is 11.9 Å². The fourth-order valence-electron chi connectivity index (χ4n) is 4.37. The summed E-state index contributed by atoms with van der Waals surface area (Å²) in [5, 5.41) is 4.00. The van der Waals surface area contributed by atoms with Gasteiger partial charge < -0.3 is 14.6 Å². The summed E-state index contributed by atoms with van der Waals surface area (Å²) in [6.45, 7) is -1.04. The van der Waals surface area contributed by atoms with Crippen molar-refractivity contribution in [2.75, 3.05) is 5.32 Å². The number of nitrogens with one attached hydrogen (secondary N) is 1. The van der Waals surface area contributed by atoms with E-state index in [9.17, 15) is 31.9 Å². The minimum Gasteiger partial charge on any atom is -0.483 e. The van der Waals surface area contributed by atoms with Crippen LogP contribution in [0.25, 0.3) is 22.3 Å². The lowest BCUT2D eigenvalue weighted by molar-refractivity contribution is -0.138. The average molecular weight is 606 g/mol. The van der Waals surface area contributed by atoms with Gasteiger partial charge in [-0.1, -0.05) is 18.2 Å². The maximum Gasteiger partial charge on any atom is 0.416 e. The third kappa shape index (κ3) is 5.30. The van der Waals surface area contributed by atoms with Crippen LogP contribution in [-0.4, -0.2) is 24.6 Å². The molecule has 0 unspecified atom stereocenters. The number of thiazole rings is 1. The first-order chi connectivity index (χ1) is 19.9. The van der Waals surface area contributed by atoms with Gasteiger partial charge in [0.25, 0.3) is 5.56 Å². The number of rotatable bonds is 7. The molecule has 42 heavy (non-hydrogen) atoms. The molecular formula is C27H20F5N5O4S. The molecule has 2 aromatic carbocycles. The summed E-state index contributed by atoms with van der Waals surface area (Å²) in [6.07, 6.45) is -3.19. The summed E-state index contributed by atoms with van der Waals surface area (Å²) in [5.74, 6) is -3.75. The van der Waals surface area contributed by atoms with Gasteiger partial charge in [-0.2, -0.15) is 13.2 Å². The van der Waals surface area contributed by atoms with Crippen LogP contribution in [0.15, 0.2) is 63.6 Å². The number of ether oxygens (including phenoxy) is 1. The number of benzene rings is 2. The number of carbonyl (C=O) groups is 1. The molecule has 218 valence electrons. The van der Waals surface area contributed by atoms with Crippen LogP contribution in [0.3, 0.4) is 0 Å². The number of alkyl halides is 3. The van der Waals surface area contributed by atoms with E-state index in [0.717, 1.165) is 40.2 Å². The molecule has 5 rings (SSSR count). The second-order valence-electron chi connectivity index (χ2n) is 9.15. The summed E-state index contributed by atoms with van der Waals surface area (Å²) >= 11 is 0.943. The Kier molecular flexibility index (Phi) is 7.45. The number of anilines is 1. The zero-order valence-electron chi connectivity index (χ0n) is 21.8. The number of carbonyl (C=O) groups excluding carboxylic acids is 1. The number of halogens is 5. The first-order valence-electron chi connectivity index (χ1n) is 12.1. The van der Waals surface area contributed by atoms with Gasteiger partial charge in [-0.15, -0.1) is 11.3 Å². The summed E-state index contributed by atoms with van der Waals surface area (Å²) in [7, 11) is 2.82. The molecule has 0 fully saturated rings. The molecule has 0 aliphatic rings. The van der Waals surface area contributed by atoms with Gasteiger partial charge in [-0.25, -0.2) is 18.6 Å². The Morgan fingerprint density at radius 3 is 2.52 bits per heavy atom. The second kappa shape index (κ2) is 10.9. The highest BCUT2D eigenvalue weighted by atomic mass is 32.1. The van der Waals surface area contributed by atoms with E-state index in [2.05, 4.69) is 10.3 Å². The Labute approximate surface area is 237 Å². The average Bonchev–Trinajstić information content (AvgIpc) is 3.57. The van der Waals surface area contributed by atoms with Crippen LogP contribution in [0.4, 0.5) is 27.1 Å². The van der Waals surface area contributed by atoms with Crippen molar-refractivity contribution in [3.8, 4) is 17.0 Å². The smallest absolute Gasteiger partial charge is 0.416 e. The van der Waals surface area contributed by atoms with Gasteiger partial charge in [0.05, 0.1) is 16.8 Å². The van der Waals surface area contributed by atoms with E-state index in [0.29, 0.717) is 5.52 Å². The van der Waals surface area contributed by atoms with Gasteiger partial charge in [-0.3, -0.25) is 18.7 Å². The number of amides is 1. The van der Waals surface area contributed by atoms with E-state index in [1.165, 1.54) is 53.0 Å². The molecule has 5 aromatic rings. The molecule has 1 N–H and O–H groups in total. The van der Waals surface area contributed by atoms with Crippen molar-refractivity contribution in [1.82, 2.24) is 18.7 Å². The van der Waals surface area contributed by atoms with Gasteiger partial charge in [0.15, 0.2) is 22.5 Å². The Morgan fingerprint density at radius 1 is 1.05 bits per heavy atom. The molecule has 3 aromatic heterocycles. The number of aromatic nitrogens is 4. The van der Waals surface area contributed by atoms with Crippen LogP contribution in [-0.2, 0) is 38.2 Å². The van der Waals surface area contributed by atoms with E-state index >= 15 is 4.39 Å². The molecule has 0 saturated heterocycles. The maximum absolute atomic E-state index is 15.3. The molecule has 0 spiro atoms. The number of fused-ring (bicyclic) bond motifs is 1. The van der Waals surface area contributed by atoms with Crippen LogP contribution < -0.4 is 21.3 Å². The fourth-order valence-corrected chi connectivity index (χ4v) is 5.10. The largest absolute Gasteiger partial charge is 0.483 e. The van der Waals surface area contributed by atoms with E-state index in [4.69, 9.17) is 4.74 Å². The van der Waals surface area contributed by atoms with Crippen LogP contribution >= 0.6 is 11.3 Å². The highest BCUT2D eigenvalue weighted by Gasteiger charge is 2.33. The van der Waals surface area contributed by atoms with Gasteiger partial charge in [0, 0.05) is 36.8 Å². The van der Waals surface area contributed by atoms with Crippen molar-refractivity contribution >= 4 is 33.4 Å². The van der Waals surface area contributed by atoms with Crippen LogP contribution in [0.2, 0.25) is 0 Å². The predicted octanol–water partition coefficient (Wildman–Crippen LogP) is 4.68. The van der Waals surface area contributed by atoms with Gasteiger partial charge in [0.2, 0.25) is 5.91 Å². The summed E-state index contributed by atoms with van der Waals surface area (Å²) in [6, 6.07) is 8.05. The Hall–Kier alpha value is -4.79. The highest BCUT2D eigenvalue weighted by Crippen LogP contribution is 2.35. The maximum atomic E-state index is 15.3. The molecule has 0 atom stereocenters.